The molecule has 1 N–H and O–H groups in total. The molecule has 0 aliphatic rings. The number of hydrogen-bond acceptors (Lipinski definition) is 3. The molecule has 0 radical (unpaired) electrons. The van der Waals surface area contributed by atoms with E-state index in [1.54, 1.807) is 17.0 Å². The van der Waals surface area contributed by atoms with Crippen LogP contribution < -0.4 is 10.2 Å². The average molecular weight is 476 g/mol. The highest BCUT2D eigenvalue weighted by Crippen LogP contribution is 2.26. The van der Waals surface area contributed by atoms with Gasteiger partial charge in [0.25, 0.3) is 5.91 Å². The molecule has 0 saturated carbocycles. The summed E-state index contributed by atoms with van der Waals surface area (Å²) in [6, 6.07) is 19.5. The largest absolute Gasteiger partial charge is 0.377 e. The summed E-state index contributed by atoms with van der Waals surface area (Å²) in [5.41, 5.74) is 4.98. The molecule has 3 aromatic rings. The number of benzene rings is 3. The molecular formula is C29H34FN3O2. The van der Waals surface area contributed by atoms with Crippen LogP contribution in [-0.4, -0.2) is 30.8 Å². The lowest BCUT2D eigenvalue weighted by molar-refractivity contribution is -0.116. The van der Waals surface area contributed by atoms with Crippen LogP contribution in [0, 0.1) is 18.7 Å². The SMILES string of the molecule is Cc1cccc(C(=O)N(Cc2ccc(F)cc2)Cc2cc(NC(=O)CC(C)C)ccc2N(C)C)c1. The molecule has 0 aliphatic carbocycles. The van der Waals surface area contributed by atoms with Crippen LogP contribution >= 0.6 is 0 Å². The van der Waals surface area contributed by atoms with Crippen LogP contribution in [0.25, 0.3) is 0 Å². The predicted molar refractivity (Wildman–Crippen MR) is 140 cm³/mol. The second-order valence-corrected chi connectivity index (χ2v) is 9.54. The third-order valence-electron chi connectivity index (χ3n) is 5.64. The number of nitrogens with one attached hydrogen (secondary N) is 1. The Labute approximate surface area is 207 Å². The van der Waals surface area contributed by atoms with Gasteiger partial charge in [-0.2, -0.15) is 0 Å². The van der Waals surface area contributed by atoms with E-state index in [1.165, 1.54) is 12.1 Å². The van der Waals surface area contributed by atoms with Gasteiger partial charge < -0.3 is 15.1 Å². The Morgan fingerprint density at radius 3 is 2.29 bits per heavy atom. The van der Waals surface area contributed by atoms with Gasteiger partial charge in [0.15, 0.2) is 0 Å². The molecule has 0 saturated heterocycles. The summed E-state index contributed by atoms with van der Waals surface area (Å²) < 4.78 is 13.5. The lowest BCUT2D eigenvalue weighted by Gasteiger charge is -2.27. The summed E-state index contributed by atoms with van der Waals surface area (Å²) in [5, 5.41) is 2.97. The molecule has 0 aliphatic heterocycles. The lowest BCUT2D eigenvalue weighted by atomic mass is 10.1. The van der Waals surface area contributed by atoms with E-state index >= 15 is 0 Å². The van der Waals surface area contributed by atoms with E-state index in [4.69, 9.17) is 0 Å². The van der Waals surface area contributed by atoms with Crippen LogP contribution in [0.3, 0.4) is 0 Å². The van der Waals surface area contributed by atoms with E-state index in [1.807, 2.05) is 82.2 Å². The summed E-state index contributed by atoms with van der Waals surface area (Å²) in [5.74, 6) is -0.210. The Bertz CT molecular complexity index is 1170. The fraction of sp³-hybridized carbons (Fsp3) is 0.310. The van der Waals surface area contributed by atoms with Gasteiger partial charge in [-0.05, 0) is 66.4 Å². The summed E-state index contributed by atoms with van der Waals surface area (Å²) >= 11 is 0. The molecule has 5 nitrogen and oxygen atoms in total. The Morgan fingerprint density at radius 2 is 1.66 bits per heavy atom. The molecule has 0 aromatic heterocycles. The third-order valence-corrected chi connectivity index (χ3v) is 5.64. The van der Waals surface area contributed by atoms with Gasteiger partial charge in [-0.25, -0.2) is 4.39 Å². The zero-order valence-electron chi connectivity index (χ0n) is 21.1. The molecule has 184 valence electrons. The van der Waals surface area contributed by atoms with E-state index in [0.717, 1.165) is 22.4 Å². The summed E-state index contributed by atoms with van der Waals surface area (Å²) in [6.07, 6.45) is 0.438. The minimum absolute atomic E-state index is 0.0393. The fourth-order valence-corrected chi connectivity index (χ4v) is 3.99. The van der Waals surface area contributed by atoms with Gasteiger partial charge in [0, 0.05) is 50.5 Å². The first-order chi connectivity index (χ1) is 16.6. The van der Waals surface area contributed by atoms with Gasteiger partial charge in [-0.3, -0.25) is 9.59 Å². The molecule has 0 spiro atoms. The zero-order chi connectivity index (χ0) is 25.5. The number of rotatable bonds is 9. The Kier molecular flexibility index (Phi) is 8.63. The Balaban J connectivity index is 1.96. The summed E-state index contributed by atoms with van der Waals surface area (Å²) in [6.45, 7) is 6.61. The first-order valence-corrected chi connectivity index (χ1v) is 11.8. The second-order valence-electron chi connectivity index (χ2n) is 9.54. The average Bonchev–Trinajstić information content (AvgIpc) is 2.79. The molecule has 6 heteroatoms. The quantitative estimate of drug-likeness (QED) is 0.411. The smallest absolute Gasteiger partial charge is 0.254 e. The minimum atomic E-state index is -0.315. The maximum Gasteiger partial charge on any atom is 0.254 e. The van der Waals surface area contributed by atoms with E-state index in [2.05, 4.69) is 5.32 Å². The normalized spacial score (nSPS) is 10.8. The monoisotopic (exact) mass is 475 g/mol. The maximum atomic E-state index is 13.6. The molecule has 0 atom stereocenters. The topological polar surface area (TPSA) is 52.7 Å². The molecule has 0 bridgehead atoms. The first kappa shape index (κ1) is 25.9. The molecule has 0 heterocycles. The highest BCUT2D eigenvalue weighted by Gasteiger charge is 2.20. The number of aryl methyl sites for hydroxylation is 1. The van der Waals surface area contributed by atoms with Crippen LogP contribution in [0.5, 0.6) is 0 Å². The fourth-order valence-electron chi connectivity index (χ4n) is 3.99. The highest BCUT2D eigenvalue weighted by molar-refractivity contribution is 5.94. The van der Waals surface area contributed by atoms with Crippen molar-refractivity contribution in [3.8, 4) is 0 Å². The number of nitrogens with zero attached hydrogens (tertiary/aromatic N) is 2. The molecule has 0 unspecified atom stereocenters. The third kappa shape index (κ3) is 7.41. The number of hydrogen-bond donors (Lipinski definition) is 1. The number of amides is 2. The van der Waals surface area contributed by atoms with Crippen LogP contribution in [0.4, 0.5) is 15.8 Å². The van der Waals surface area contributed by atoms with Gasteiger partial charge in [0.1, 0.15) is 5.82 Å². The van der Waals surface area contributed by atoms with Gasteiger partial charge >= 0.3 is 0 Å². The van der Waals surface area contributed by atoms with E-state index in [-0.39, 0.29) is 23.5 Å². The molecule has 0 fully saturated rings. The number of anilines is 2. The van der Waals surface area contributed by atoms with Gasteiger partial charge in [-0.1, -0.05) is 43.7 Å². The zero-order valence-corrected chi connectivity index (χ0v) is 21.1. The minimum Gasteiger partial charge on any atom is -0.377 e. The van der Waals surface area contributed by atoms with Crippen molar-refractivity contribution < 1.29 is 14.0 Å². The van der Waals surface area contributed by atoms with Gasteiger partial charge in [-0.15, -0.1) is 0 Å². The number of carbonyl (C=O) groups excluding carboxylic acids is 2. The van der Waals surface area contributed by atoms with Crippen LogP contribution in [0.2, 0.25) is 0 Å². The Morgan fingerprint density at radius 1 is 0.943 bits per heavy atom. The van der Waals surface area contributed by atoms with Gasteiger partial charge in [0.05, 0.1) is 0 Å². The molecule has 2 amide bonds. The molecule has 3 aromatic carbocycles. The predicted octanol–water partition coefficient (Wildman–Crippen LogP) is 6.03. The maximum absolute atomic E-state index is 13.6. The lowest BCUT2D eigenvalue weighted by Crippen LogP contribution is -2.31. The van der Waals surface area contributed by atoms with Crippen molar-refractivity contribution in [1.29, 1.82) is 0 Å². The number of carbonyl (C=O) groups is 2. The summed E-state index contributed by atoms with van der Waals surface area (Å²) in [7, 11) is 3.89. The summed E-state index contributed by atoms with van der Waals surface area (Å²) in [4.78, 5) is 29.7. The standard InChI is InChI=1S/C29H34FN3O2/c1-20(2)15-28(34)31-26-13-14-27(32(4)5)24(17-26)19-33(18-22-9-11-25(30)12-10-22)29(35)23-8-6-7-21(3)16-23/h6-14,16-17,20H,15,18-19H2,1-5H3,(H,31,34). The van der Waals surface area contributed by atoms with E-state index < -0.39 is 0 Å². The van der Waals surface area contributed by atoms with E-state index in [9.17, 15) is 14.0 Å². The van der Waals surface area contributed by atoms with Crippen LogP contribution in [0.15, 0.2) is 66.7 Å². The molecule has 3 rings (SSSR count). The van der Waals surface area contributed by atoms with E-state index in [0.29, 0.717) is 30.8 Å². The first-order valence-electron chi connectivity index (χ1n) is 11.8. The Hall–Kier alpha value is -3.67. The van der Waals surface area contributed by atoms with Crippen molar-refractivity contribution in [3.05, 3.63) is 94.8 Å². The van der Waals surface area contributed by atoms with Crippen molar-refractivity contribution in [2.45, 2.75) is 40.3 Å². The van der Waals surface area contributed by atoms with Crippen LogP contribution in [0.1, 0.15) is 47.3 Å². The van der Waals surface area contributed by atoms with Crippen molar-refractivity contribution in [1.82, 2.24) is 4.90 Å². The van der Waals surface area contributed by atoms with Crippen molar-refractivity contribution in [2.75, 3.05) is 24.3 Å². The van der Waals surface area contributed by atoms with Crippen LogP contribution in [-0.2, 0) is 17.9 Å². The molecular weight excluding hydrogens is 441 g/mol. The van der Waals surface area contributed by atoms with Crippen molar-refractivity contribution >= 4 is 23.2 Å². The number of halogens is 1. The van der Waals surface area contributed by atoms with Crippen molar-refractivity contribution in [3.63, 3.8) is 0 Å². The molecule has 35 heavy (non-hydrogen) atoms. The second kappa shape index (κ2) is 11.6. The highest BCUT2D eigenvalue weighted by atomic mass is 19.1. The van der Waals surface area contributed by atoms with Gasteiger partial charge in [0.2, 0.25) is 5.91 Å². The van der Waals surface area contributed by atoms with Crippen molar-refractivity contribution in [2.24, 2.45) is 5.92 Å².